The van der Waals surface area contributed by atoms with Crippen LogP contribution in [-0.2, 0) is 6.42 Å². The molecule has 1 saturated heterocycles. The van der Waals surface area contributed by atoms with E-state index < -0.39 is 0 Å². The van der Waals surface area contributed by atoms with Crippen LogP contribution in [0.15, 0.2) is 48.5 Å². The fourth-order valence-electron chi connectivity index (χ4n) is 3.69. The summed E-state index contributed by atoms with van der Waals surface area (Å²) in [6, 6.07) is 16.7. The minimum atomic E-state index is 0.729. The monoisotopic (exact) mass is 369 g/mol. The molecule has 3 rings (SSSR count). The molecule has 0 aromatic heterocycles. The van der Waals surface area contributed by atoms with E-state index in [2.05, 4.69) is 46.1 Å². The number of nitrogens with one attached hydrogen (secondary N) is 2. The van der Waals surface area contributed by atoms with E-state index in [0.717, 1.165) is 49.3 Å². The topological polar surface area (TPSA) is 45.8 Å². The second-order valence-corrected chi connectivity index (χ2v) is 7.05. The van der Waals surface area contributed by atoms with Crippen molar-refractivity contribution >= 4 is 5.69 Å². The fraction of sp³-hybridized carbons (Fsp3) is 0.455. The maximum absolute atomic E-state index is 5.35. The molecule has 0 amide bonds. The molecule has 5 nitrogen and oxygen atoms in total. The third kappa shape index (κ3) is 5.88. The third-order valence-electron chi connectivity index (χ3n) is 5.06. The van der Waals surface area contributed by atoms with E-state index in [1.807, 2.05) is 18.2 Å². The Labute approximate surface area is 162 Å². The predicted octanol–water partition coefficient (Wildman–Crippen LogP) is 3.58. The SMILES string of the molecule is COc1ccc(NCCNN2CCC[C@H](Cc3ccccc3)C2)cc1OC. The maximum atomic E-state index is 5.35. The zero-order valence-corrected chi connectivity index (χ0v) is 16.4. The number of hydrogen-bond acceptors (Lipinski definition) is 5. The fourth-order valence-corrected chi connectivity index (χ4v) is 3.69. The minimum Gasteiger partial charge on any atom is -0.493 e. The second-order valence-electron chi connectivity index (χ2n) is 7.05. The van der Waals surface area contributed by atoms with Crippen molar-refractivity contribution in [3.8, 4) is 11.5 Å². The number of ether oxygens (including phenoxy) is 2. The van der Waals surface area contributed by atoms with E-state index in [-0.39, 0.29) is 0 Å². The molecule has 1 atom stereocenters. The van der Waals surface area contributed by atoms with Crippen LogP contribution in [0.5, 0.6) is 11.5 Å². The van der Waals surface area contributed by atoms with E-state index in [1.165, 1.54) is 24.8 Å². The molecule has 0 aliphatic carbocycles. The molecule has 146 valence electrons. The molecule has 0 unspecified atom stereocenters. The molecule has 5 heteroatoms. The van der Waals surface area contributed by atoms with Crippen molar-refractivity contribution in [1.82, 2.24) is 10.4 Å². The van der Waals surface area contributed by atoms with Gasteiger partial charge in [-0.2, -0.15) is 0 Å². The Morgan fingerprint density at radius 2 is 1.81 bits per heavy atom. The molecule has 0 saturated carbocycles. The van der Waals surface area contributed by atoms with Crippen LogP contribution < -0.4 is 20.2 Å². The van der Waals surface area contributed by atoms with Gasteiger partial charge in [0.05, 0.1) is 14.2 Å². The molecule has 1 aliphatic heterocycles. The number of methoxy groups -OCH3 is 2. The summed E-state index contributed by atoms with van der Waals surface area (Å²) in [5.41, 5.74) is 6.05. The predicted molar refractivity (Wildman–Crippen MR) is 110 cm³/mol. The number of anilines is 1. The van der Waals surface area contributed by atoms with E-state index in [4.69, 9.17) is 9.47 Å². The number of hydrogen-bond donors (Lipinski definition) is 2. The van der Waals surface area contributed by atoms with Crippen molar-refractivity contribution in [2.75, 3.05) is 45.7 Å². The molecule has 1 fully saturated rings. The Morgan fingerprint density at radius 3 is 2.59 bits per heavy atom. The molecule has 0 spiro atoms. The van der Waals surface area contributed by atoms with Crippen molar-refractivity contribution in [3.05, 3.63) is 54.1 Å². The van der Waals surface area contributed by atoms with Crippen LogP contribution in [0.1, 0.15) is 18.4 Å². The number of rotatable bonds is 9. The number of benzene rings is 2. The first-order valence-electron chi connectivity index (χ1n) is 9.76. The van der Waals surface area contributed by atoms with E-state index in [1.54, 1.807) is 14.2 Å². The first-order valence-corrected chi connectivity index (χ1v) is 9.76. The van der Waals surface area contributed by atoms with Crippen molar-refractivity contribution in [3.63, 3.8) is 0 Å². The molecule has 2 aromatic rings. The molecule has 0 radical (unpaired) electrons. The smallest absolute Gasteiger partial charge is 0.162 e. The van der Waals surface area contributed by atoms with Gasteiger partial charge in [-0.25, -0.2) is 5.01 Å². The second kappa shape index (κ2) is 10.2. The highest BCUT2D eigenvalue weighted by Gasteiger charge is 2.19. The minimum absolute atomic E-state index is 0.729. The Hall–Kier alpha value is -2.24. The zero-order chi connectivity index (χ0) is 18.9. The summed E-state index contributed by atoms with van der Waals surface area (Å²) < 4.78 is 10.6. The van der Waals surface area contributed by atoms with Gasteiger partial charge in [0.1, 0.15) is 0 Å². The van der Waals surface area contributed by atoms with E-state index >= 15 is 0 Å². The van der Waals surface area contributed by atoms with Gasteiger partial charge in [-0.05, 0) is 42.9 Å². The Bertz CT molecular complexity index is 693. The van der Waals surface area contributed by atoms with Crippen molar-refractivity contribution < 1.29 is 9.47 Å². The molecule has 0 bridgehead atoms. The number of hydrazine groups is 1. The maximum Gasteiger partial charge on any atom is 0.162 e. The lowest BCUT2D eigenvalue weighted by atomic mass is 9.92. The van der Waals surface area contributed by atoms with Crippen LogP contribution in [-0.4, -0.2) is 45.4 Å². The van der Waals surface area contributed by atoms with Gasteiger partial charge in [-0.15, -0.1) is 0 Å². The number of piperidine rings is 1. The van der Waals surface area contributed by atoms with E-state index in [9.17, 15) is 0 Å². The lowest BCUT2D eigenvalue weighted by Gasteiger charge is -2.33. The van der Waals surface area contributed by atoms with Crippen LogP contribution in [0.4, 0.5) is 5.69 Å². The van der Waals surface area contributed by atoms with Gasteiger partial charge in [0.2, 0.25) is 0 Å². The van der Waals surface area contributed by atoms with Gasteiger partial charge in [-0.1, -0.05) is 30.3 Å². The summed E-state index contributed by atoms with van der Waals surface area (Å²) in [4.78, 5) is 0. The van der Waals surface area contributed by atoms with Crippen molar-refractivity contribution in [1.29, 1.82) is 0 Å². The van der Waals surface area contributed by atoms with Gasteiger partial charge >= 0.3 is 0 Å². The first kappa shape index (κ1) is 19.5. The molecular weight excluding hydrogens is 338 g/mol. The van der Waals surface area contributed by atoms with Crippen LogP contribution in [0.25, 0.3) is 0 Å². The summed E-state index contributed by atoms with van der Waals surface area (Å²) >= 11 is 0. The van der Waals surface area contributed by atoms with Gasteiger partial charge in [0, 0.05) is 37.9 Å². The highest BCUT2D eigenvalue weighted by atomic mass is 16.5. The average molecular weight is 370 g/mol. The quantitative estimate of drug-likeness (QED) is 0.662. The van der Waals surface area contributed by atoms with E-state index in [0.29, 0.717) is 0 Å². The molecule has 2 aromatic carbocycles. The summed E-state index contributed by atoms with van der Waals surface area (Å²) in [5.74, 6) is 2.22. The first-order chi connectivity index (χ1) is 13.3. The van der Waals surface area contributed by atoms with Gasteiger partial charge in [0.25, 0.3) is 0 Å². The summed E-state index contributed by atoms with van der Waals surface area (Å²) in [7, 11) is 3.31. The van der Waals surface area contributed by atoms with Crippen LogP contribution >= 0.6 is 0 Å². The molecule has 1 aliphatic rings. The summed E-state index contributed by atoms with van der Waals surface area (Å²) in [5, 5.41) is 5.82. The Balaban J connectivity index is 1.40. The lowest BCUT2D eigenvalue weighted by Crippen LogP contribution is -2.46. The van der Waals surface area contributed by atoms with Gasteiger partial charge in [-0.3, -0.25) is 5.43 Å². The van der Waals surface area contributed by atoms with Crippen molar-refractivity contribution in [2.45, 2.75) is 19.3 Å². The largest absolute Gasteiger partial charge is 0.493 e. The zero-order valence-electron chi connectivity index (χ0n) is 16.4. The van der Waals surface area contributed by atoms with Gasteiger partial charge in [0.15, 0.2) is 11.5 Å². The van der Waals surface area contributed by atoms with Gasteiger partial charge < -0.3 is 14.8 Å². The van der Waals surface area contributed by atoms with Crippen LogP contribution in [0, 0.1) is 5.92 Å². The molecular formula is C22H31N3O2. The summed E-state index contributed by atoms with van der Waals surface area (Å²) in [6.45, 7) is 3.99. The van der Waals surface area contributed by atoms with Crippen LogP contribution in [0.2, 0.25) is 0 Å². The normalized spacial score (nSPS) is 17.5. The standard InChI is InChI=1S/C22H31N3O2/c1-26-21-11-10-20(16-22(21)27-2)23-12-13-24-25-14-6-9-19(17-25)15-18-7-4-3-5-8-18/h3-5,7-8,10-11,16,19,23-24H,6,9,12-15,17H2,1-2H3/t19-/m1/s1. The average Bonchev–Trinajstić information content (AvgIpc) is 2.72. The molecule has 27 heavy (non-hydrogen) atoms. The lowest BCUT2D eigenvalue weighted by molar-refractivity contribution is 0.117. The summed E-state index contributed by atoms with van der Waals surface area (Å²) in [6.07, 6.45) is 3.74. The Kier molecular flexibility index (Phi) is 7.36. The highest BCUT2D eigenvalue weighted by Crippen LogP contribution is 2.29. The Morgan fingerprint density at radius 1 is 1.00 bits per heavy atom. The molecule has 1 heterocycles. The third-order valence-corrected chi connectivity index (χ3v) is 5.06. The number of nitrogens with zero attached hydrogens (tertiary/aromatic N) is 1. The molecule has 2 N–H and O–H groups in total. The highest BCUT2D eigenvalue weighted by molar-refractivity contribution is 5.54. The van der Waals surface area contributed by atoms with Crippen LogP contribution in [0.3, 0.4) is 0 Å². The van der Waals surface area contributed by atoms with Crippen molar-refractivity contribution in [2.24, 2.45) is 5.92 Å².